The summed E-state index contributed by atoms with van der Waals surface area (Å²) < 4.78 is 1.10. The molecule has 2 amide bonds. The van der Waals surface area contributed by atoms with Crippen molar-refractivity contribution in [2.24, 2.45) is 0 Å². The highest BCUT2D eigenvalue weighted by molar-refractivity contribution is 7.21. The Hall–Kier alpha value is -3.51. The Morgan fingerprint density at radius 3 is 2.32 bits per heavy atom. The quantitative estimate of drug-likeness (QED) is 0.507. The summed E-state index contributed by atoms with van der Waals surface area (Å²) in [5.41, 5.74) is 3.69. The van der Waals surface area contributed by atoms with E-state index in [0.717, 1.165) is 20.8 Å². The summed E-state index contributed by atoms with van der Waals surface area (Å²) in [5, 5.41) is 6.52. The third-order valence-electron chi connectivity index (χ3n) is 4.17. The van der Waals surface area contributed by atoms with Gasteiger partial charge in [-0.2, -0.15) is 0 Å². The zero-order valence-corrected chi connectivity index (χ0v) is 15.9. The Kier molecular flexibility index (Phi) is 4.87. The Bertz CT molecular complexity index is 1130. The zero-order valence-electron chi connectivity index (χ0n) is 15.1. The smallest absolute Gasteiger partial charge is 0.255 e. The predicted octanol–water partition coefficient (Wildman–Crippen LogP) is 5.17. The van der Waals surface area contributed by atoms with Gasteiger partial charge >= 0.3 is 0 Å². The van der Waals surface area contributed by atoms with Crippen LogP contribution in [0.2, 0.25) is 0 Å². The molecule has 0 unspecified atom stereocenters. The molecule has 6 heteroatoms. The molecule has 0 radical (unpaired) electrons. The highest BCUT2D eigenvalue weighted by atomic mass is 32.1. The minimum Gasteiger partial charge on any atom is -0.326 e. The number of fused-ring (bicyclic) bond motifs is 1. The van der Waals surface area contributed by atoms with Crippen LogP contribution in [0.1, 0.15) is 17.3 Å². The van der Waals surface area contributed by atoms with E-state index < -0.39 is 0 Å². The number of anilines is 2. The lowest BCUT2D eigenvalue weighted by Gasteiger charge is -2.10. The molecular weight excluding hydrogens is 370 g/mol. The Morgan fingerprint density at radius 2 is 1.57 bits per heavy atom. The number of hydrogen-bond acceptors (Lipinski definition) is 4. The maximum atomic E-state index is 12.7. The molecule has 1 aromatic heterocycles. The van der Waals surface area contributed by atoms with E-state index >= 15 is 0 Å². The van der Waals surface area contributed by atoms with Crippen LogP contribution in [0, 0.1) is 0 Å². The van der Waals surface area contributed by atoms with Gasteiger partial charge in [0.1, 0.15) is 5.01 Å². The van der Waals surface area contributed by atoms with Crippen molar-refractivity contribution in [3.63, 3.8) is 0 Å². The van der Waals surface area contributed by atoms with E-state index in [1.807, 2.05) is 48.5 Å². The van der Waals surface area contributed by atoms with Gasteiger partial charge in [-0.25, -0.2) is 4.98 Å². The van der Waals surface area contributed by atoms with Crippen molar-refractivity contribution in [2.45, 2.75) is 6.92 Å². The zero-order chi connectivity index (χ0) is 19.5. The standard InChI is InChI=1S/C22H17N3O2S/c1-14(26)23-16-12-10-15(11-13-16)21(27)24-18-7-3-2-6-17(18)22-25-19-8-4-5-9-20(19)28-22/h2-13H,1H3,(H,23,26)(H,24,27). The molecule has 0 fully saturated rings. The molecule has 0 aliphatic carbocycles. The van der Waals surface area contributed by atoms with E-state index in [0.29, 0.717) is 16.9 Å². The first kappa shape index (κ1) is 17.9. The number of rotatable bonds is 4. The SMILES string of the molecule is CC(=O)Nc1ccc(C(=O)Nc2ccccc2-c2nc3ccccc3s2)cc1. The molecule has 0 atom stereocenters. The van der Waals surface area contributed by atoms with Gasteiger partial charge in [0.05, 0.1) is 15.9 Å². The highest BCUT2D eigenvalue weighted by Crippen LogP contribution is 2.34. The van der Waals surface area contributed by atoms with Crippen LogP contribution in [0.25, 0.3) is 20.8 Å². The Labute approximate surface area is 166 Å². The van der Waals surface area contributed by atoms with Crippen molar-refractivity contribution in [3.8, 4) is 10.6 Å². The monoisotopic (exact) mass is 387 g/mol. The number of aromatic nitrogens is 1. The summed E-state index contributed by atoms with van der Waals surface area (Å²) in [6.07, 6.45) is 0. The van der Waals surface area contributed by atoms with Crippen LogP contribution in [0.5, 0.6) is 0 Å². The summed E-state index contributed by atoms with van der Waals surface area (Å²) in [6.45, 7) is 1.44. The molecule has 4 rings (SSSR count). The average Bonchev–Trinajstić information content (AvgIpc) is 3.12. The van der Waals surface area contributed by atoms with Crippen molar-refractivity contribution in [3.05, 3.63) is 78.4 Å². The number of para-hydroxylation sites is 2. The van der Waals surface area contributed by atoms with E-state index in [1.165, 1.54) is 6.92 Å². The normalized spacial score (nSPS) is 10.6. The second-order valence-electron chi connectivity index (χ2n) is 6.24. The van der Waals surface area contributed by atoms with Crippen LogP contribution in [-0.4, -0.2) is 16.8 Å². The van der Waals surface area contributed by atoms with E-state index in [1.54, 1.807) is 35.6 Å². The van der Waals surface area contributed by atoms with E-state index in [2.05, 4.69) is 15.6 Å². The molecule has 1 heterocycles. The van der Waals surface area contributed by atoms with Crippen molar-refractivity contribution in [2.75, 3.05) is 10.6 Å². The van der Waals surface area contributed by atoms with Crippen LogP contribution in [0.15, 0.2) is 72.8 Å². The number of thiazole rings is 1. The lowest BCUT2D eigenvalue weighted by molar-refractivity contribution is -0.114. The molecule has 0 aliphatic rings. The molecule has 0 spiro atoms. The number of nitrogens with zero attached hydrogens (tertiary/aromatic N) is 1. The van der Waals surface area contributed by atoms with E-state index in [-0.39, 0.29) is 11.8 Å². The summed E-state index contributed by atoms with van der Waals surface area (Å²) in [5.74, 6) is -0.370. The number of nitrogens with one attached hydrogen (secondary N) is 2. The van der Waals surface area contributed by atoms with Gasteiger partial charge in [0.15, 0.2) is 0 Å². The van der Waals surface area contributed by atoms with Crippen LogP contribution in [-0.2, 0) is 4.79 Å². The lowest BCUT2D eigenvalue weighted by Crippen LogP contribution is -2.13. The fraction of sp³-hybridized carbons (Fsp3) is 0.0455. The molecule has 0 saturated carbocycles. The third kappa shape index (κ3) is 3.77. The van der Waals surface area contributed by atoms with Gasteiger partial charge in [-0.1, -0.05) is 24.3 Å². The molecule has 0 bridgehead atoms. The van der Waals surface area contributed by atoms with Crippen molar-refractivity contribution in [1.82, 2.24) is 4.98 Å². The molecule has 5 nitrogen and oxygen atoms in total. The van der Waals surface area contributed by atoms with Gasteiger partial charge in [0.2, 0.25) is 5.91 Å². The molecule has 0 aliphatic heterocycles. The minimum absolute atomic E-state index is 0.151. The number of benzene rings is 3. The molecule has 4 aromatic rings. The molecule has 0 saturated heterocycles. The van der Waals surface area contributed by atoms with Crippen LogP contribution in [0.3, 0.4) is 0 Å². The van der Waals surface area contributed by atoms with Gasteiger partial charge in [-0.15, -0.1) is 11.3 Å². The molecule has 2 N–H and O–H groups in total. The van der Waals surface area contributed by atoms with Gasteiger partial charge in [-0.05, 0) is 48.5 Å². The lowest BCUT2D eigenvalue weighted by atomic mass is 10.1. The average molecular weight is 387 g/mol. The highest BCUT2D eigenvalue weighted by Gasteiger charge is 2.13. The van der Waals surface area contributed by atoms with Gasteiger partial charge in [0.25, 0.3) is 5.91 Å². The fourth-order valence-electron chi connectivity index (χ4n) is 2.87. The summed E-state index contributed by atoms with van der Waals surface area (Å²) in [6, 6.07) is 22.4. The number of amides is 2. The molecule has 28 heavy (non-hydrogen) atoms. The first-order valence-corrected chi connectivity index (χ1v) is 9.56. The molecular formula is C22H17N3O2S. The van der Waals surface area contributed by atoms with Crippen molar-refractivity contribution in [1.29, 1.82) is 0 Å². The summed E-state index contributed by atoms with van der Waals surface area (Å²) in [7, 11) is 0. The molecule has 138 valence electrons. The van der Waals surface area contributed by atoms with Crippen molar-refractivity contribution >= 4 is 44.7 Å². The van der Waals surface area contributed by atoms with Crippen LogP contribution >= 0.6 is 11.3 Å². The predicted molar refractivity (Wildman–Crippen MR) is 114 cm³/mol. The summed E-state index contributed by atoms with van der Waals surface area (Å²) >= 11 is 1.59. The fourth-order valence-corrected chi connectivity index (χ4v) is 3.87. The first-order chi connectivity index (χ1) is 13.6. The maximum Gasteiger partial charge on any atom is 0.255 e. The molecule has 3 aromatic carbocycles. The summed E-state index contributed by atoms with van der Waals surface area (Å²) in [4.78, 5) is 28.5. The van der Waals surface area contributed by atoms with Gasteiger partial charge < -0.3 is 10.6 Å². The number of carbonyl (C=O) groups is 2. The van der Waals surface area contributed by atoms with Crippen LogP contribution in [0.4, 0.5) is 11.4 Å². The Balaban J connectivity index is 1.60. The second-order valence-corrected chi connectivity index (χ2v) is 7.28. The van der Waals surface area contributed by atoms with E-state index in [4.69, 9.17) is 0 Å². The maximum absolute atomic E-state index is 12.7. The van der Waals surface area contributed by atoms with Gasteiger partial charge in [0, 0.05) is 23.7 Å². The third-order valence-corrected chi connectivity index (χ3v) is 5.24. The van der Waals surface area contributed by atoms with E-state index in [9.17, 15) is 9.59 Å². The number of carbonyl (C=O) groups excluding carboxylic acids is 2. The first-order valence-electron chi connectivity index (χ1n) is 8.74. The number of hydrogen-bond donors (Lipinski definition) is 2. The van der Waals surface area contributed by atoms with Crippen LogP contribution < -0.4 is 10.6 Å². The topological polar surface area (TPSA) is 71.1 Å². The minimum atomic E-state index is -0.220. The Morgan fingerprint density at radius 1 is 0.857 bits per heavy atom. The largest absolute Gasteiger partial charge is 0.326 e. The van der Waals surface area contributed by atoms with Crippen molar-refractivity contribution < 1.29 is 9.59 Å². The second kappa shape index (κ2) is 7.62. The van der Waals surface area contributed by atoms with Gasteiger partial charge in [-0.3, -0.25) is 9.59 Å².